The lowest BCUT2D eigenvalue weighted by Gasteiger charge is -2.58. The van der Waals surface area contributed by atoms with Crippen molar-refractivity contribution in [2.24, 2.45) is 46.3 Å². The van der Waals surface area contributed by atoms with E-state index in [1.807, 2.05) is 0 Å². The van der Waals surface area contributed by atoms with Crippen molar-refractivity contribution in [3.05, 3.63) is 23.8 Å². The molecule has 0 amide bonds. The molecule has 0 heterocycles. The lowest BCUT2D eigenvalue weighted by molar-refractivity contribution is -0.151. The Kier molecular flexibility index (Phi) is 16.0. The fraction of sp³-hybridized carbons (Fsp3) is 0.889. The minimum atomic E-state index is 0.0541. The van der Waals surface area contributed by atoms with Crippen molar-refractivity contribution in [3.8, 4) is 0 Å². The Morgan fingerprint density at radius 2 is 1.49 bits per heavy atom. The molecule has 0 aromatic rings. The summed E-state index contributed by atoms with van der Waals surface area (Å²) in [5.41, 5.74) is 2.53. The van der Waals surface area contributed by atoms with E-state index in [9.17, 15) is 4.79 Å². The van der Waals surface area contributed by atoms with Crippen LogP contribution in [0.25, 0.3) is 0 Å². The summed E-state index contributed by atoms with van der Waals surface area (Å²) in [4.78, 5) is 12.8. The molecular formula is C45H78O2. The summed E-state index contributed by atoms with van der Waals surface area (Å²) in [5.74, 6) is 5.31. The van der Waals surface area contributed by atoms with Crippen LogP contribution in [0.3, 0.4) is 0 Å². The van der Waals surface area contributed by atoms with Crippen LogP contribution in [-0.4, -0.2) is 12.1 Å². The highest BCUT2D eigenvalue weighted by Gasteiger charge is 2.59. The second kappa shape index (κ2) is 19.4. The van der Waals surface area contributed by atoms with Crippen molar-refractivity contribution in [2.45, 2.75) is 208 Å². The molecule has 4 aliphatic rings. The van der Waals surface area contributed by atoms with Gasteiger partial charge in [-0.15, -0.1) is 0 Å². The van der Waals surface area contributed by atoms with E-state index in [2.05, 4.69) is 59.8 Å². The summed E-state index contributed by atoms with van der Waals surface area (Å²) < 4.78 is 6.12. The SMILES string of the molecule is CCCCCCCC/C=C\CCCCCCC[14C](=O)O[C@H]1CC[C@@]2(C)C(=CC[C@H]3[C@@H]4CC[C@H]([C@H](C)CCCC(C)C)[C@@]4(C)CC[C@@H]32)C1. The van der Waals surface area contributed by atoms with E-state index in [-0.39, 0.29) is 12.1 Å². The van der Waals surface area contributed by atoms with Gasteiger partial charge in [0.05, 0.1) is 0 Å². The molecule has 0 bridgehead atoms. The van der Waals surface area contributed by atoms with E-state index in [1.54, 1.807) is 5.57 Å². The fourth-order valence-corrected chi connectivity index (χ4v) is 11.3. The van der Waals surface area contributed by atoms with Crippen molar-refractivity contribution in [3.63, 3.8) is 0 Å². The standard InChI is InChI=1S/C45H78O2/c1-7-8-9-10-11-12-13-14-15-16-17-18-19-20-21-25-43(46)47-38-30-32-44(5)37(34-38)26-27-39-41-29-28-40(36(4)24-22-23-35(2)3)45(41,6)33-31-42(39)44/h14-15,26,35-36,38-42H,7-13,16-25,27-34H2,1-6H3/b15-14-/t36-,38+,39+,40-,41+,42+,44+,45-/m1/s1/i43+2. The van der Waals surface area contributed by atoms with E-state index in [4.69, 9.17) is 4.74 Å². The van der Waals surface area contributed by atoms with Crippen LogP contribution in [0.15, 0.2) is 23.8 Å². The third-order valence-electron chi connectivity index (χ3n) is 14.2. The van der Waals surface area contributed by atoms with E-state index in [0.29, 0.717) is 17.3 Å². The highest BCUT2D eigenvalue weighted by molar-refractivity contribution is 5.69. The molecule has 270 valence electrons. The Balaban J connectivity index is 1.12. The molecule has 0 saturated heterocycles. The first-order chi connectivity index (χ1) is 22.7. The van der Waals surface area contributed by atoms with Crippen LogP contribution < -0.4 is 0 Å². The maximum Gasteiger partial charge on any atom is 0.306 e. The molecule has 4 rings (SSSR count). The predicted molar refractivity (Wildman–Crippen MR) is 202 cm³/mol. The zero-order chi connectivity index (χ0) is 33.7. The van der Waals surface area contributed by atoms with Crippen LogP contribution >= 0.6 is 0 Å². The summed E-state index contributed by atoms with van der Waals surface area (Å²) in [5, 5.41) is 0. The normalized spacial score (nSPS) is 32.6. The molecule has 0 spiro atoms. The molecule has 0 aliphatic heterocycles. The number of rotatable bonds is 21. The van der Waals surface area contributed by atoms with Gasteiger partial charge in [-0.25, -0.2) is 0 Å². The monoisotopic (exact) mass is 653 g/mol. The minimum absolute atomic E-state index is 0.0541. The summed E-state index contributed by atoms with van der Waals surface area (Å²) in [6.07, 6.45) is 39.5. The molecule has 0 aromatic carbocycles. The smallest absolute Gasteiger partial charge is 0.306 e. The molecule has 0 aromatic heterocycles. The second-order valence-corrected chi connectivity index (χ2v) is 18.0. The van der Waals surface area contributed by atoms with Gasteiger partial charge in [0, 0.05) is 12.8 Å². The molecule has 3 fully saturated rings. The largest absolute Gasteiger partial charge is 0.462 e. The molecular weight excluding hydrogens is 574 g/mol. The van der Waals surface area contributed by atoms with Crippen molar-refractivity contribution < 1.29 is 9.53 Å². The van der Waals surface area contributed by atoms with Gasteiger partial charge in [0.15, 0.2) is 0 Å². The Hall–Kier alpha value is -1.05. The number of carbonyl (C=O) groups is 1. The average molecular weight is 653 g/mol. The number of esters is 1. The van der Waals surface area contributed by atoms with Crippen molar-refractivity contribution in [2.75, 3.05) is 0 Å². The molecule has 8 atom stereocenters. The number of allylic oxidation sites excluding steroid dienone is 3. The third kappa shape index (κ3) is 10.7. The molecule has 0 N–H and O–H groups in total. The van der Waals surface area contributed by atoms with Gasteiger partial charge in [0.25, 0.3) is 0 Å². The fourth-order valence-electron chi connectivity index (χ4n) is 11.3. The molecule has 2 nitrogen and oxygen atoms in total. The summed E-state index contributed by atoms with van der Waals surface area (Å²) in [6, 6.07) is 0. The van der Waals surface area contributed by atoms with Crippen LogP contribution in [0.1, 0.15) is 202 Å². The first-order valence-electron chi connectivity index (χ1n) is 21.2. The number of fused-ring (bicyclic) bond motifs is 5. The highest BCUT2D eigenvalue weighted by Crippen LogP contribution is 2.67. The number of carbonyl (C=O) groups excluding carboxylic acids is 1. The molecule has 47 heavy (non-hydrogen) atoms. The number of unbranched alkanes of at least 4 members (excludes halogenated alkanes) is 11. The Labute approximate surface area is 293 Å². The maximum atomic E-state index is 12.8. The first-order valence-corrected chi connectivity index (χ1v) is 21.2. The van der Waals surface area contributed by atoms with Gasteiger partial charge in [-0.1, -0.05) is 136 Å². The Morgan fingerprint density at radius 3 is 2.19 bits per heavy atom. The van der Waals surface area contributed by atoms with Crippen LogP contribution in [0.5, 0.6) is 0 Å². The van der Waals surface area contributed by atoms with E-state index < -0.39 is 0 Å². The maximum absolute atomic E-state index is 12.8. The van der Waals surface area contributed by atoms with Crippen molar-refractivity contribution in [1.29, 1.82) is 0 Å². The van der Waals surface area contributed by atoms with Crippen LogP contribution in [0, 0.1) is 46.3 Å². The number of hydrogen-bond acceptors (Lipinski definition) is 2. The first kappa shape index (κ1) is 38.7. The van der Waals surface area contributed by atoms with Gasteiger partial charge in [-0.05, 0) is 123 Å². The number of hydrogen-bond donors (Lipinski definition) is 0. The quantitative estimate of drug-likeness (QED) is 0.0700. The Morgan fingerprint density at radius 1 is 0.809 bits per heavy atom. The Bertz CT molecular complexity index is 976. The van der Waals surface area contributed by atoms with Gasteiger partial charge in [0.1, 0.15) is 6.10 Å². The molecule has 2 heteroatoms. The van der Waals surface area contributed by atoms with Crippen LogP contribution in [-0.2, 0) is 9.53 Å². The molecule has 0 unspecified atom stereocenters. The summed E-state index contributed by atoms with van der Waals surface area (Å²) in [6.45, 7) is 14.9. The minimum Gasteiger partial charge on any atom is -0.462 e. The van der Waals surface area contributed by atoms with Gasteiger partial charge >= 0.3 is 5.97 Å². The topological polar surface area (TPSA) is 26.3 Å². The zero-order valence-corrected chi connectivity index (χ0v) is 32.3. The lowest BCUT2D eigenvalue weighted by Crippen LogP contribution is -2.51. The zero-order valence-electron chi connectivity index (χ0n) is 32.3. The van der Waals surface area contributed by atoms with Gasteiger partial charge < -0.3 is 4.74 Å². The molecule has 0 radical (unpaired) electrons. The second-order valence-electron chi connectivity index (χ2n) is 18.0. The lowest BCUT2D eigenvalue weighted by atomic mass is 9.47. The van der Waals surface area contributed by atoms with Crippen LogP contribution in [0.4, 0.5) is 0 Å². The van der Waals surface area contributed by atoms with E-state index in [0.717, 1.165) is 61.2 Å². The van der Waals surface area contributed by atoms with Gasteiger partial charge in [0.2, 0.25) is 0 Å². The molecule has 3 saturated carbocycles. The average Bonchev–Trinajstić information content (AvgIpc) is 3.40. The molecule has 4 aliphatic carbocycles. The predicted octanol–water partition coefficient (Wildman–Crippen LogP) is 14.0. The van der Waals surface area contributed by atoms with Crippen LogP contribution in [0.2, 0.25) is 0 Å². The van der Waals surface area contributed by atoms with Gasteiger partial charge in [-0.2, -0.15) is 0 Å². The third-order valence-corrected chi connectivity index (χ3v) is 14.2. The van der Waals surface area contributed by atoms with E-state index >= 15 is 0 Å². The number of ether oxygens (including phenoxy) is 1. The van der Waals surface area contributed by atoms with Gasteiger partial charge in [-0.3, -0.25) is 4.79 Å². The van der Waals surface area contributed by atoms with Crippen molar-refractivity contribution >= 4 is 5.97 Å². The van der Waals surface area contributed by atoms with Crippen molar-refractivity contribution in [1.82, 2.24) is 0 Å². The van der Waals surface area contributed by atoms with E-state index in [1.165, 1.54) is 128 Å². The highest BCUT2D eigenvalue weighted by atomic mass is 16.8. The summed E-state index contributed by atoms with van der Waals surface area (Å²) >= 11 is 0. The summed E-state index contributed by atoms with van der Waals surface area (Å²) in [7, 11) is 0.